The van der Waals surface area contributed by atoms with E-state index in [4.69, 9.17) is 0 Å². The second kappa shape index (κ2) is 7.55. The minimum Gasteiger partial charge on any atom is -0.0654 e. The molecule has 0 aromatic carbocycles. The number of rotatable bonds is 6. The molecule has 4 saturated carbocycles. The van der Waals surface area contributed by atoms with Gasteiger partial charge in [-0.05, 0) is 80.0 Å². The molecule has 0 saturated heterocycles. The summed E-state index contributed by atoms with van der Waals surface area (Å²) in [5.74, 6) is 1.10. The summed E-state index contributed by atoms with van der Waals surface area (Å²) in [6.07, 6.45) is 31.3. The highest BCUT2D eigenvalue weighted by molar-refractivity contribution is 5.14. The van der Waals surface area contributed by atoms with Gasteiger partial charge in [-0.25, -0.2) is 0 Å². The molecule has 25 heavy (non-hydrogen) atoms. The SMILES string of the molecule is CCCCC1(C2(C3(C4CCCCC4)CCCC3)CCCC2)CCCC1. The van der Waals surface area contributed by atoms with Crippen molar-refractivity contribution >= 4 is 0 Å². The predicted octanol–water partition coefficient (Wildman–Crippen LogP) is 8.44. The predicted molar refractivity (Wildman–Crippen MR) is 109 cm³/mol. The van der Waals surface area contributed by atoms with Crippen molar-refractivity contribution in [3.05, 3.63) is 0 Å². The van der Waals surface area contributed by atoms with Crippen LogP contribution in [0.15, 0.2) is 0 Å². The van der Waals surface area contributed by atoms with Crippen LogP contribution in [0.3, 0.4) is 0 Å². The molecule has 0 unspecified atom stereocenters. The maximum absolute atomic E-state index is 2.43. The van der Waals surface area contributed by atoms with Crippen LogP contribution in [0.5, 0.6) is 0 Å². The van der Waals surface area contributed by atoms with Crippen LogP contribution in [0, 0.1) is 22.2 Å². The average molecular weight is 345 g/mol. The molecule has 4 aliphatic rings. The Hall–Kier alpha value is 0. The fraction of sp³-hybridized carbons (Fsp3) is 1.00. The quantitative estimate of drug-likeness (QED) is 0.453. The van der Waals surface area contributed by atoms with Gasteiger partial charge in [0.2, 0.25) is 0 Å². The van der Waals surface area contributed by atoms with Crippen LogP contribution in [0.4, 0.5) is 0 Å². The van der Waals surface area contributed by atoms with Crippen molar-refractivity contribution in [3.63, 3.8) is 0 Å². The fourth-order valence-electron chi connectivity index (χ4n) is 9.01. The second-order valence-corrected chi connectivity index (χ2v) is 10.6. The van der Waals surface area contributed by atoms with Gasteiger partial charge in [-0.2, -0.15) is 0 Å². The van der Waals surface area contributed by atoms with E-state index in [0.717, 1.165) is 22.2 Å². The molecular weight excluding hydrogens is 300 g/mol. The first-order chi connectivity index (χ1) is 12.3. The van der Waals surface area contributed by atoms with E-state index in [-0.39, 0.29) is 0 Å². The summed E-state index contributed by atoms with van der Waals surface area (Å²) in [5.41, 5.74) is 2.27. The lowest BCUT2D eigenvalue weighted by Gasteiger charge is -2.61. The number of hydrogen-bond acceptors (Lipinski definition) is 0. The van der Waals surface area contributed by atoms with Crippen LogP contribution in [-0.4, -0.2) is 0 Å². The lowest BCUT2D eigenvalue weighted by Crippen LogP contribution is -2.54. The highest BCUT2D eigenvalue weighted by Gasteiger charge is 2.65. The van der Waals surface area contributed by atoms with Crippen molar-refractivity contribution in [2.75, 3.05) is 0 Å². The summed E-state index contributed by atoms with van der Waals surface area (Å²) in [5, 5.41) is 0. The molecule has 0 aromatic heterocycles. The van der Waals surface area contributed by atoms with Gasteiger partial charge in [0.1, 0.15) is 0 Å². The molecular formula is C25H44. The smallest absolute Gasteiger partial charge is 0.0182 e. The third kappa shape index (κ3) is 2.84. The van der Waals surface area contributed by atoms with Crippen molar-refractivity contribution in [2.24, 2.45) is 22.2 Å². The molecule has 0 nitrogen and oxygen atoms in total. The Bertz CT molecular complexity index is 409. The monoisotopic (exact) mass is 344 g/mol. The molecule has 0 atom stereocenters. The van der Waals surface area contributed by atoms with Crippen LogP contribution in [0.25, 0.3) is 0 Å². The van der Waals surface area contributed by atoms with Gasteiger partial charge < -0.3 is 0 Å². The van der Waals surface area contributed by atoms with Crippen LogP contribution >= 0.6 is 0 Å². The van der Waals surface area contributed by atoms with Gasteiger partial charge in [0.25, 0.3) is 0 Å². The van der Waals surface area contributed by atoms with E-state index in [1.165, 1.54) is 19.3 Å². The Morgan fingerprint density at radius 2 is 1.20 bits per heavy atom. The standard InChI is InChI=1S/C25H44/c1-2-3-15-23(16-7-8-17-23)25(20-11-12-21-25)24(18-9-10-19-24)22-13-5-4-6-14-22/h22H,2-21H2,1H3. The molecule has 0 bridgehead atoms. The molecule has 0 heterocycles. The Labute approximate surface area is 157 Å². The van der Waals surface area contributed by atoms with Crippen molar-refractivity contribution < 1.29 is 0 Å². The average Bonchev–Trinajstić information content (AvgIpc) is 3.42. The Morgan fingerprint density at radius 3 is 1.80 bits per heavy atom. The van der Waals surface area contributed by atoms with Crippen LogP contribution in [-0.2, 0) is 0 Å². The van der Waals surface area contributed by atoms with E-state index in [0.29, 0.717) is 0 Å². The number of unbranched alkanes of at least 4 members (excludes halogenated alkanes) is 1. The summed E-state index contributed by atoms with van der Waals surface area (Å²) < 4.78 is 0. The maximum Gasteiger partial charge on any atom is -0.0182 e. The van der Waals surface area contributed by atoms with E-state index in [2.05, 4.69) is 6.92 Å². The van der Waals surface area contributed by atoms with Gasteiger partial charge in [0, 0.05) is 0 Å². The Morgan fingerprint density at radius 1 is 0.640 bits per heavy atom. The fourth-order valence-corrected chi connectivity index (χ4v) is 9.01. The van der Waals surface area contributed by atoms with Gasteiger partial charge >= 0.3 is 0 Å². The van der Waals surface area contributed by atoms with Crippen molar-refractivity contribution in [1.82, 2.24) is 0 Å². The molecule has 0 spiro atoms. The first kappa shape index (κ1) is 18.4. The second-order valence-electron chi connectivity index (χ2n) is 10.6. The van der Waals surface area contributed by atoms with Crippen LogP contribution < -0.4 is 0 Å². The van der Waals surface area contributed by atoms with Gasteiger partial charge in [-0.15, -0.1) is 0 Å². The summed E-state index contributed by atoms with van der Waals surface area (Å²) in [6, 6.07) is 0. The highest BCUT2D eigenvalue weighted by Crippen LogP contribution is 2.74. The largest absolute Gasteiger partial charge is 0.0654 e. The normalized spacial score (nSPS) is 31.6. The molecule has 0 aromatic rings. The molecule has 144 valence electrons. The zero-order valence-electron chi connectivity index (χ0n) is 17.2. The molecule has 0 amide bonds. The van der Waals surface area contributed by atoms with Gasteiger partial charge in [0.15, 0.2) is 0 Å². The zero-order valence-corrected chi connectivity index (χ0v) is 17.2. The van der Waals surface area contributed by atoms with Gasteiger partial charge in [-0.1, -0.05) is 77.6 Å². The topological polar surface area (TPSA) is 0 Å². The lowest BCUT2D eigenvalue weighted by molar-refractivity contribution is -0.128. The molecule has 0 radical (unpaired) electrons. The third-order valence-electron chi connectivity index (χ3n) is 9.88. The van der Waals surface area contributed by atoms with E-state index >= 15 is 0 Å². The Kier molecular flexibility index (Phi) is 5.55. The summed E-state index contributed by atoms with van der Waals surface area (Å²) in [4.78, 5) is 0. The minimum atomic E-state index is 0.751. The first-order valence-electron chi connectivity index (χ1n) is 12.3. The summed E-state index contributed by atoms with van der Waals surface area (Å²) in [7, 11) is 0. The lowest BCUT2D eigenvalue weighted by atomic mass is 9.43. The number of hydrogen-bond donors (Lipinski definition) is 0. The molecule has 0 aliphatic heterocycles. The van der Waals surface area contributed by atoms with E-state index < -0.39 is 0 Å². The third-order valence-corrected chi connectivity index (χ3v) is 9.88. The molecule has 0 N–H and O–H groups in total. The zero-order chi connectivity index (χ0) is 17.2. The Balaban J connectivity index is 1.74. The van der Waals surface area contributed by atoms with Gasteiger partial charge in [0.05, 0.1) is 0 Å². The summed E-state index contributed by atoms with van der Waals surface area (Å²) >= 11 is 0. The molecule has 0 heteroatoms. The van der Waals surface area contributed by atoms with E-state index in [1.54, 1.807) is 109 Å². The maximum atomic E-state index is 2.43. The minimum absolute atomic E-state index is 0.751. The molecule has 4 fully saturated rings. The summed E-state index contributed by atoms with van der Waals surface area (Å²) in [6.45, 7) is 2.43. The van der Waals surface area contributed by atoms with Gasteiger partial charge in [-0.3, -0.25) is 0 Å². The first-order valence-corrected chi connectivity index (χ1v) is 12.3. The van der Waals surface area contributed by atoms with Crippen molar-refractivity contribution in [3.8, 4) is 0 Å². The molecule has 4 aliphatic carbocycles. The van der Waals surface area contributed by atoms with Crippen molar-refractivity contribution in [1.29, 1.82) is 0 Å². The van der Waals surface area contributed by atoms with Crippen LogP contribution in [0.1, 0.15) is 135 Å². The van der Waals surface area contributed by atoms with Crippen molar-refractivity contribution in [2.45, 2.75) is 135 Å². The van der Waals surface area contributed by atoms with E-state index in [9.17, 15) is 0 Å². The molecule has 4 rings (SSSR count). The highest BCUT2D eigenvalue weighted by atomic mass is 14.7. The van der Waals surface area contributed by atoms with Crippen LogP contribution in [0.2, 0.25) is 0 Å². The van der Waals surface area contributed by atoms with E-state index in [1.807, 2.05) is 0 Å².